The van der Waals surface area contributed by atoms with E-state index in [1.165, 1.54) is 0 Å². The zero-order valence-corrected chi connectivity index (χ0v) is 9.88. The molecule has 63 valence electrons. The summed E-state index contributed by atoms with van der Waals surface area (Å²) in [5.41, 5.74) is 1.86. The van der Waals surface area contributed by atoms with Crippen LogP contribution in [-0.2, 0) is 32.7 Å². The fraction of sp³-hybridized carbons (Fsp3) is 0.100. The van der Waals surface area contributed by atoms with E-state index in [2.05, 4.69) is 6.92 Å². The maximum Gasteiger partial charge on any atom is 0.169 e. The standard InChI is InChI=1S/C10H7O2.Y/c1-6-2-3-7-8(4-6)10(12)5-9(7)11;/h2-4H,1,5H2;/q-1;. The fourth-order valence-electron chi connectivity index (χ4n) is 1.40. The van der Waals surface area contributed by atoms with Crippen LogP contribution in [0.2, 0.25) is 0 Å². The second kappa shape index (κ2) is 3.73. The first-order valence-electron chi connectivity index (χ1n) is 3.71. The van der Waals surface area contributed by atoms with Crippen LogP contribution in [0.4, 0.5) is 0 Å². The summed E-state index contributed by atoms with van der Waals surface area (Å²) in [6.07, 6.45) is 0.0266. The second-order valence-electron chi connectivity index (χ2n) is 2.90. The minimum Gasteiger partial charge on any atom is -0.295 e. The van der Waals surface area contributed by atoms with Crippen molar-refractivity contribution in [3.8, 4) is 0 Å². The number of carbonyl (C=O) groups excluding carboxylic acids is 2. The Hall–Kier alpha value is -0.466. The average Bonchev–Trinajstić information content (AvgIpc) is 2.28. The van der Waals surface area contributed by atoms with Gasteiger partial charge in [0, 0.05) is 38.3 Å². The van der Waals surface area contributed by atoms with Gasteiger partial charge in [-0.15, -0.1) is 6.07 Å². The molecule has 1 aliphatic carbocycles. The number of Topliss-reactive ketones (excluding diaryl/α,β-unsaturated/α-hetero) is 2. The fourth-order valence-corrected chi connectivity index (χ4v) is 1.40. The van der Waals surface area contributed by atoms with E-state index < -0.39 is 0 Å². The molecule has 1 aromatic carbocycles. The molecule has 2 rings (SSSR count). The predicted octanol–water partition coefficient (Wildman–Crippen LogP) is 1.64. The van der Waals surface area contributed by atoms with Gasteiger partial charge in [-0.3, -0.25) is 9.59 Å². The van der Waals surface area contributed by atoms with Crippen molar-refractivity contribution in [2.75, 3.05) is 0 Å². The third kappa shape index (κ3) is 1.74. The van der Waals surface area contributed by atoms with Gasteiger partial charge < -0.3 is 0 Å². The van der Waals surface area contributed by atoms with Crippen LogP contribution >= 0.6 is 0 Å². The van der Waals surface area contributed by atoms with Crippen molar-refractivity contribution in [2.45, 2.75) is 6.42 Å². The largest absolute Gasteiger partial charge is 0.295 e. The summed E-state index contributed by atoms with van der Waals surface area (Å²) in [4.78, 5) is 22.3. The summed E-state index contributed by atoms with van der Waals surface area (Å²) in [6.45, 7) is 3.69. The monoisotopic (exact) mass is 248 g/mol. The van der Waals surface area contributed by atoms with Crippen molar-refractivity contribution in [3.63, 3.8) is 0 Å². The summed E-state index contributed by atoms with van der Waals surface area (Å²) in [5.74, 6) is -0.157. The van der Waals surface area contributed by atoms with Gasteiger partial charge in [-0.1, -0.05) is 0 Å². The zero-order valence-electron chi connectivity index (χ0n) is 7.04. The van der Waals surface area contributed by atoms with Gasteiger partial charge in [-0.25, -0.2) is 0 Å². The van der Waals surface area contributed by atoms with E-state index in [0.717, 1.165) is 5.56 Å². The van der Waals surface area contributed by atoms with Gasteiger partial charge in [0.25, 0.3) is 0 Å². The molecule has 0 heterocycles. The Morgan fingerprint density at radius 2 is 1.69 bits per heavy atom. The molecule has 0 saturated heterocycles. The zero-order chi connectivity index (χ0) is 8.72. The van der Waals surface area contributed by atoms with Crippen LogP contribution in [0.3, 0.4) is 0 Å². The van der Waals surface area contributed by atoms with E-state index in [1.807, 2.05) is 0 Å². The van der Waals surface area contributed by atoms with Gasteiger partial charge >= 0.3 is 0 Å². The molecular formula is C10H7O2Y-. The molecule has 3 heteroatoms. The number of ketones is 2. The first-order valence-corrected chi connectivity index (χ1v) is 3.71. The number of fused-ring (bicyclic) bond motifs is 1. The van der Waals surface area contributed by atoms with E-state index in [0.29, 0.717) is 11.1 Å². The average molecular weight is 248 g/mol. The molecule has 13 heavy (non-hydrogen) atoms. The smallest absolute Gasteiger partial charge is 0.169 e. The quantitative estimate of drug-likeness (QED) is 0.516. The van der Waals surface area contributed by atoms with E-state index >= 15 is 0 Å². The summed E-state index contributed by atoms with van der Waals surface area (Å²) < 4.78 is 0. The van der Waals surface area contributed by atoms with Gasteiger partial charge in [0.15, 0.2) is 11.6 Å². The Balaban J connectivity index is 0.000000845. The number of hydrogen-bond donors (Lipinski definition) is 0. The second-order valence-corrected chi connectivity index (χ2v) is 2.90. The SMILES string of the molecule is [CH2-]c1ccc2c(c1)C(=O)CC2=O.[Y]. The first kappa shape index (κ1) is 10.6. The van der Waals surface area contributed by atoms with Crippen molar-refractivity contribution < 1.29 is 42.3 Å². The van der Waals surface area contributed by atoms with Crippen LogP contribution in [0.5, 0.6) is 0 Å². The van der Waals surface area contributed by atoms with Crippen LogP contribution in [0.25, 0.3) is 0 Å². The van der Waals surface area contributed by atoms with E-state index in [9.17, 15) is 9.59 Å². The summed E-state index contributed by atoms with van der Waals surface area (Å²) in [5, 5.41) is 0. The van der Waals surface area contributed by atoms with E-state index in [1.54, 1.807) is 18.2 Å². The Kier molecular flexibility index (Phi) is 3.04. The molecule has 1 aromatic rings. The van der Waals surface area contributed by atoms with E-state index in [-0.39, 0.29) is 50.7 Å². The molecule has 0 spiro atoms. The van der Waals surface area contributed by atoms with Gasteiger partial charge in [0.2, 0.25) is 0 Å². The van der Waals surface area contributed by atoms with Crippen molar-refractivity contribution in [2.24, 2.45) is 0 Å². The molecule has 0 fully saturated rings. The third-order valence-electron chi connectivity index (χ3n) is 2.01. The van der Waals surface area contributed by atoms with Crippen molar-refractivity contribution in [1.82, 2.24) is 0 Å². The van der Waals surface area contributed by atoms with Crippen LogP contribution in [0.1, 0.15) is 32.7 Å². The topological polar surface area (TPSA) is 34.1 Å². The number of benzene rings is 1. The minimum absolute atomic E-state index is 0. The first-order chi connectivity index (χ1) is 5.68. The summed E-state index contributed by atoms with van der Waals surface area (Å²) in [6, 6.07) is 5.09. The molecule has 2 nitrogen and oxygen atoms in total. The molecule has 0 N–H and O–H groups in total. The van der Waals surface area contributed by atoms with Gasteiger partial charge in [0.1, 0.15) is 0 Å². The summed E-state index contributed by atoms with van der Waals surface area (Å²) in [7, 11) is 0. The normalized spacial score (nSPS) is 13.8. The molecule has 1 radical (unpaired) electrons. The Morgan fingerprint density at radius 3 is 2.38 bits per heavy atom. The molecule has 0 bridgehead atoms. The molecule has 0 aliphatic heterocycles. The molecule has 0 amide bonds. The van der Waals surface area contributed by atoms with Crippen LogP contribution < -0.4 is 0 Å². The van der Waals surface area contributed by atoms with Crippen molar-refractivity contribution in [3.05, 3.63) is 41.8 Å². The summed E-state index contributed by atoms with van der Waals surface area (Å²) >= 11 is 0. The Morgan fingerprint density at radius 1 is 1.08 bits per heavy atom. The van der Waals surface area contributed by atoms with Crippen LogP contribution in [0, 0.1) is 6.92 Å². The van der Waals surface area contributed by atoms with Gasteiger partial charge in [0.05, 0.1) is 6.42 Å². The molecule has 1 aliphatic rings. The van der Waals surface area contributed by atoms with Crippen molar-refractivity contribution >= 4 is 11.6 Å². The van der Waals surface area contributed by atoms with Gasteiger partial charge in [-0.05, 0) is 5.56 Å². The van der Waals surface area contributed by atoms with Crippen LogP contribution in [-0.4, -0.2) is 11.6 Å². The van der Waals surface area contributed by atoms with Gasteiger partial charge in [-0.2, -0.15) is 24.6 Å². The maximum atomic E-state index is 11.2. The van der Waals surface area contributed by atoms with E-state index in [4.69, 9.17) is 0 Å². The third-order valence-corrected chi connectivity index (χ3v) is 2.01. The molecule has 0 saturated carbocycles. The maximum absolute atomic E-state index is 11.2. The molecular weight excluding hydrogens is 241 g/mol. The van der Waals surface area contributed by atoms with Crippen LogP contribution in [0.15, 0.2) is 18.2 Å². The predicted molar refractivity (Wildman–Crippen MR) is 44.2 cm³/mol. The Bertz CT molecular complexity index is 383. The number of hydrogen-bond acceptors (Lipinski definition) is 2. The minimum atomic E-state index is -0.0829. The molecule has 0 unspecified atom stereocenters. The molecule has 0 aromatic heterocycles. The van der Waals surface area contributed by atoms with Crippen molar-refractivity contribution in [1.29, 1.82) is 0 Å². The number of rotatable bonds is 0. The molecule has 0 atom stereocenters. The Labute approximate surface area is 102 Å². The number of carbonyl (C=O) groups is 2.